The van der Waals surface area contributed by atoms with E-state index in [4.69, 9.17) is 19.6 Å². The van der Waals surface area contributed by atoms with Crippen molar-refractivity contribution >= 4 is 22.7 Å². The van der Waals surface area contributed by atoms with E-state index >= 15 is 0 Å². The Bertz CT molecular complexity index is 1370. The van der Waals surface area contributed by atoms with E-state index in [0.29, 0.717) is 36.5 Å². The van der Waals surface area contributed by atoms with Crippen LogP contribution in [0.3, 0.4) is 0 Å². The number of anilines is 1. The summed E-state index contributed by atoms with van der Waals surface area (Å²) in [6.45, 7) is 5.93. The van der Waals surface area contributed by atoms with Crippen molar-refractivity contribution in [3.8, 4) is 11.8 Å². The fourth-order valence-corrected chi connectivity index (χ4v) is 5.97. The summed E-state index contributed by atoms with van der Waals surface area (Å²) in [5.41, 5.74) is 5.22. The molecule has 3 fully saturated rings. The number of ether oxygens (including phenoxy) is 2. The average molecular weight is 515 g/mol. The number of carbonyl (C=O) groups is 1. The highest BCUT2D eigenvalue weighted by Gasteiger charge is 2.33. The minimum atomic E-state index is -0.444. The molecule has 1 atom stereocenters. The maximum atomic E-state index is 12.7. The maximum absolute atomic E-state index is 12.7. The van der Waals surface area contributed by atoms with Crippen LogP contribution in [-0.2, 0) is 9.47 Å². The number of pyridine rings is 1. The lowest BCUT2D eigenvalue weighted by Gasteiger charge is -2.42. The van der Waals surface area contributed by atoms with Crippen LogP contribution in [0, 0.1) is 18.3 Å². The van der Waals surface area contributed by atoms with E-state index in [0.717, 1.165) is 67.8 Å². The molecule has 0 radical (unpaired) electrons. The van der Waals surface area contributed by atoms with Crippen molar-refractivity contribution in [1.82, 2.24) is 19.7 Å². The molecule has 0 bridgehead atoms. The van der Waals surface area contributed by atoms with Crippen LogP contribution in [0.4, 0.5) is 5.69 Å². The SMILES string of the molecule is COC(=O)c1cc(N2CCC(N3CCOC(C#N)C3)CC2)c2c(C3CCC3)nn(-c3ccc(C)cc3)c2n1. The summed E-state index contributed by atoms with van der Waals surface area (Å²) >= 11 is 0. The van der Waals surface area contributed by atoms with Gasteiger partial charge in [0.15, 0.2) is 17.4 Å². The third-order valence-electron chi connectivity index (χ3n) is 8.37. The lowest BCUT2D eigenvalue weighted by Crippen LogP contribution is -2.51. The average Bonchev–Trinajstić information content (AvgIpc) is 3.30. The molecule has 9 heteroatoms. The summed E-state index contributed by atoms with van der Waals surface area (Å²) in [5.74, 6) is -0.0386. The van der Waals surface area contributed by atoms with Crippen LogP contribution >= 0.6 is 0 Å². The first-order valence-corrected chi connectivity index (χ1v) is 13.6. The number of methoxy groups -OCH3 is 1. The van der Waals surface area contributed by atoms with Crippen molar-refractivity contribution in [2.75, 3.05) is 44.8 Å². The van der Waals surface area contributed by atoms with Crippen molar-refractivity contribution < 1.29 is 14.3 Å². The summed E-state index contributed by atoms with van der Waals surface area (Å²) in [5, 5.41) is 15.5. The highest BCUT2D eigenvalue weighted by molar-refractivity contribution is 5.99. The van der Waals surface area contributed by atoms with Gasteiger partial charge in [-0.1, -0.05) is 24.1 Å². The molecule has 3 aliphatic rings. The second-order valence-electron chi connectivity index (χ2n) is 10.7. The van der Waals surface area contributed by atoms with Gasteiger partial charge in [0.25, 0.3) is 0 Å². The number of nitriles is 1. The van der Waals surface area contributed by atoms with Crippen molar-refractivity contribution in [3.05, 3.63) is 47.3 Å². The molecule has 2 aliphatic heterocycles. The van der Waals surface area contributed by atoms with E-state index in [2.05, 4.69) is 47.1 Å². The lowest BCUT2D eigenvalue weighted by atomic mass is 9.82. The molecule has 1 saturated carbocycles. The number of rotatable bonds is 5. The molecule has 0 spiro atoms. The number of hydrogen-bond acceptors (Lipinski definition) is 8. The van der Waals surface area contributed by atoms with Crippen LogP contribution in [0.2, 0.25) is 0 Å². The van der Waals surface area contributed by atoms with Crippen LogP contribution < -0.4 is 4.90 Å². The van der Waals surface area contributed by atoms with Crippen molar-refractivity contribution in [1.29, 1.82) is 5.26 Å². The van der Waals surface area contributed by atoms with Gasteiger partial charge < -0.3 is 14.4 Å². The number of benzene rings is 1. The number of nitrogens with zero attached hydrogens (tertiary/aromatic N) is 6. The van der Waals surface area contributed by atoms with Gasteiger partial charge in [0, 0.05) is 38.1 Å². The van der Waals surface area contributed by atoms with Gasteiger partial charge in [-0.15, -0.1) is 0 Å². The summed E-state index contributed by atoms with van der Waals surface area (Å²) in [6.07, 6.45) is 5.08. The molecule has 6 rings (SSSR count). The zero-order valence-electron chi connectivity index (χ0n) is 22.1. The minimum absolute atomic E-state index is 0.301. The number of morpholine rings is 1. The molecule has 2 aromatic heterocycles. The Morgan fingerprint density at radius 3 is 2.55 bits per heavy atom. The number of aromatic nitrogens is 3. The molecule has 38 heavy (non-hydrogen) atoms. The number of piperidine rings is 1. The van der Waals surface area contributed by atoms with E-state index in [-0.39, 0.29) is 6.10 Å². The van der Waals surface area contributed by atoms with Crippen LogP contribution in [0.25, 0.3) is 16.7 Å². The van der Waals surface area contributed by atoms with E-state index < -0.39 is 5.97 Å². The number of esters is 1. The monoisotopic (exact) mass is 514 g/mol. The molecule has 1 aliphatic carbocycles. The molecule has 0 amide bonds. The molecule has 198 valence electrons. The third-order valence-corrected chi connectivity index (χ3v) is 8.37. The van der Waals surface area contributed by atoms with Crippen molar-refractivity contribution in [2.24, 2.45) is 0 Å². The predicted octanol–water partition coefficient (Wildman–Crippen LogP) is 3.98. The minimum Gasteiger partial charge on any atom is -0.464 e. The third kappa shape index (κ3) is 4.52. The topological polar surface area (TPSA) is 96.5 Å². The number of aryl methyl sites for hydroxylation is 1. The van der Waals surface area contributed by atoms with Gasteiger partial charge >= 0.3 is 5.97 Å². The Morgan fingerprint density at radius 1 is 1.13 bits per heavy atom. The van der Waals surface area contributed by atoms with Crippen molar-refractivity contribution in [3.63, 3.8) is 0 Å². The van der Waals surface area contributed by atoms with Crippen LogP contribution in [0.1, 0.15) is 59.8 Å². The Balaban J connectivity index is 1.39. The fourth-order valence-electron chi connectivity index (χ4n) is 5.97. The molecule has 9 nitrogen and oxygen atoms in total. The zero-order chi connectivity index (χ0) is 26.2. The van der Waals surface area contributed by atoms with E-state index in [1.807, 2.05) is 10.7 Å². The summed E-state index contributed by atoms with van der Waals surface area (Å²) in [7, 11) is 1.40. The highest BCUT2D eigenvalue weighted by atomic mass is 16.5. The molecular formula is C29H34N6O3. The maximum Gasteiger partial charge on any atom is 0.356 e. The highest BCUT2D eigenvalue weighted by Crippen LogP contribution is 2.43. The normalized spacial score (nSPS) is 21.3. The van der Waals surface area contributed by atoms with E-state index in [1.165, 1.54) is 19.1 Å². The molecule has 2 saturated heterocycles. The number of carbonyl (C=O) groups excluding carboxylic acids is 1. The Labute approximate surface area is 222 Å². The van der Waals surface area contributed by atoms with E-state index in [1.54, 1.807) is 0 Å². The second kappa shape index (κ2) is 10.4. The van der Waals surface area contributed by atoms with Crippen LogP contribution in [0.5, 0.6) is 0 Å². The summed E-state index contributed by atoms with van der Waals surface area (Å²) in [4.78, 5) is 22.3. The van der Waals surface area contributed by atoms with Gasteiger partial charge in [-0.25, -0.2) is 14.5 Å². The Kier molecular flexibility index (Phi) is 6.76. The van der Waals surface area contributed by atoms with Gasteiger partial charge in [-0.2, -0.15) is 10.4 Å². The molecule has 0 N–H and O–H groups in total. The van der Waals surface area contributed by atoms with Gasteiger partial charge in [0.1, 0.15) is 0 Å². The van der Waals surface area contributed by atoms with Crippen molar-refractivity contribution in [2.45, 2.75) is 57.1 Å². The zero-order valence-corrected chi connectivity index (χ0v) is 22.1. The first-order chi connectivity index (χ1) is 18.6. The van der Waals surface area contributed by atoms with Gasteiger partial charge in [0.05, 0.1) is 42.2 Å². The Morgan fingerprint density at radius 2 is 1.89 bits per heavy atom. The molecule has 4 heterocycles. The Hall–Kier alpha value is -3.48. The van der Waals surface area contributed by atoms with Crippen LogP contribution in [-0.4, -0.2) is 77.7 Å². The largest absolute Gasteiger partial charge is 0.464 e. The molecule has 1 aromatic carbocycles. The molecule has 3 aromatic rings. The second-order valence-corrected chi connectivity index (χ2v) is 10.7. The van der Waals surface area contributed by atoms with Gasteiger partial charge in [-0.3, -0.25) is 4.90 Å². The molecular weight excluding hydrogens is 480 g/mol. The smallest absolute Gasteiger partial charge is 0.356 e. The van der Waals surface area contributed by atoms with E-state index in [9.17, 15) is 10.1 Å². The first-order valence-electron chi connectivity index (χ1n) is 13.6. The van der Waals surface area contributed by atoms with Crippen LogP contribution in [0.15, 0.2) is 30.3 Å². The van der Waals surface area contributed by atoms with Gasteiger partial charge in [0.2, 0.25) is 0 Å². The first kappa shape index (κ1) is 24.8. The molecule has 1 unspecified atom stereocenters. The number of fused-ring (bicyclic) bond motifs is 1. The fraction of sp³-hybridized carbons (Fsp3) is 0.517. The summed E-state index contributed by atoms with van der Waals surface area (Å²) in [6, 6.07) is 12.8. The number of hydrogen-bond donors (Lipinski definition) is 0. The predicted molar refractivity (Wildman–Crippen MR) is 144 cm³/mol. The lowest BCUT2D eigenvalue weighted by molar-refractivity contribution is -0.0208. The van der Waals surface area contributed by atoms with Gasteiger partial charge in [-0.05, 0) is 50.8 Å². The quantitative estimate of drug-likeness (QED) is 0.472. The summed E-state index contributed by atoms with van der Waals surface area (Å²) < 4.78 is 12.6. The standard InChI is InChI=1S/C29H34N6O3/c1-19-6-8-22(9-7-19)35-28-26(27(32-35)20-4-3-5-20)25(16-24(31-28)29(36)37-2)33-12-10-21(11-13-33)34-14-15-38-23(17-30)18-34/h6-9,16,20-21,23H,3-5,10-15,18H2,1-2H3.